The van der Waals surface area contributed by atoms with E-state index in [-0.39, 0.29) is 5.91 Å². The number of hydrogen-bond acceptors (Lipinski definition) is 3. The van der Waals surface area contributed by atoms with Crippen LogP contribution in [-0.2, 0) is 0 Å². The molecule has 0 aromatic heterocycles. The minimum Gasteiger partial charge on any atom is -0.494 e. The van der Waals surface area contributed by atoms with Gasteiger partial charge in [-0.3, -0.25) is 4.79 Å². The van der Waals surface area contributed by atoms with E-state index < -0.39 is 0 Å². The highest BCUT2D eigenvalue weighted by atomic mass is 79.9. The third-order valence-corrected chi connectivity index (χ3v) is 4.16. The van der Waals surface area contributed by atoms with Crippen LogP contribution < -0.4 is 10.2 Å². The van der Waals surface area contributed by atoms with Gasteiger partial charge in [-0.15, -0.1) is 0 Å². The predicted octanol–water partition coefficient (Wildman–Crippen LogP) is 5.17. The van der Waals surface area contributed by atoms with Gasteiger partial charge in [0, 0.05) is 10.0 Å². The summed E-state index contributed by atoms with van der Waals surface area (Å²) in [6.07, 6.45) is 6.31. The number of nitrogens with one attached hydrogen (secondary N) is 1. The molecule has 0 saturated heterocycles. The normalized spacial score (nSPS) is 10.8. The summed E-state index contributed by atoms with van der Waals surface area (Å²) in [4.78, 5) is 12.1. The summed E-state index contributed by atoms with van der Waals surface area (Å²) in [7, 11) is 0. The Bertz CT molecular complexity index is 682. The Morgan fingerprint density at radius 2 is 1.80 bits per heavy atom. The first-order valence-electron chi connectivity index (χ1n) is 8.51. The number of carbonyl (C=O) groups is 1. The van der Waals surface area contributed by atoms with E-state index in [9.17, 15) is 4.79 Å². The molecule has 0 radical (unpaired) electrons. The summed E-state index contributed by atoms with van der Waals surface area (Å²) < 4.78 is 6.67. The van der Waals surface area contributed by atoms with E-state index in [0.717, 1.165) is 22.2 Å². The van der Waals surface area contributed by atoms with Gasteiger partial charge >= 0.3 is 0 Å². The molecule has 0 aliphatic carbocycles. The van der Waals surface area contributed by atoms with Crippen molar-refractivity contribution in [2.45, 2.75) is 32.6 Å². The Morgan fingerprint density at radius 1 is 1.08 bits per heavy atom. The average molecular weight is 403 g/mol. The summed E-state index contributed by atoms with van der Waals surface area (Å²) in [5.74, 6) is 0.536. The van der Waals surface area contributed by atoms with Crippen LogP contribution in [0, 0.1) is 0 Å². The van der Waals surface area contributed by atoms with Crippen molar-refractivity contribution in [2.75, 3.05) is 6.61 Å². The van der Waals surface area contributed by atoms with E-state index in [1.807, 2.05) is 36.4 Å². The van der Waals surface area contributed by atoms with Gasteiger partial charge in [0.2, 0.25) is 0 Å². The first kappa shape index (κ1) is 19.2. The molecular formula is C20H23BrN2O2. The zero-order valence-electron chi connectivity index (χ0n) is 14.4. The van der Waals surface area contributed by atoms with E-state index in [2.05, 4.69) is 33.4 Å². The van der Waals surface area contributed by atoms with Crippen LogP contribution in [0.15, 0.2) is 58.1 Å². The third kappa shape index (κ3) is 7.10. The van der Waals surface area contributed by atoms with Crippen molar-refractivity contribution >= 4 is 28.1 Å². The molecule has 0 fully saturated rings. The maximum Gasteiger partial charge on any atom is 0.271 e. The zero-order valence-corrected chi connectivity index (χ0v) is 16.0. The lowest BCUT2D eigenvalue weighted by Gasteiger charge is -2.06. The van der Waals surface area contributed by atoms with Gasteiger partial charge in [-0.1, -0.05) is 54.2 Å². The predicted molar refractivity (Wildman–Crippen MR) is 105 cm³/mol. The molecule has 0 aliphatic rings. The molecule has 132 valence electrons. The van der Waals surface area contributed by atoms with Crippen molar-refractivity contribution in [3.05, 3.63) is 64.1 Å². The molecule has 0 heterocycles. The van der Waals surface area contributed by atoms with Crippen molar-refractivity contribution in [1.82, 2.24) is 5.43 Å². The molecule has 5 heteroatoms. The lowest BCUT2D eigenvalue weighted by Crippen LogP contribution is -2.17. The molecule has 0 spiro atoms. The van der Waals surface area contributed by atoms with Crippen LogP contribution in [0.1, 0.15) is 48.5 Å². The Labute approximate surface area is 157 Å². The first-order chi connectivity index (χ1) is 12.2. The van der Waals surface area contributed by atoms with Crippen molar-refractivity contribution in [2.24, 2.45) is 5.10 Å². The number of benzene rings is 2. The van der Waals surface area contributed by atoms with E-state index in [4.69, 9.17) is 4.74 Å². The Hall–Kier alpha value is -2.14. The molecule has 1 amide bonds. The maximum absolute atomic E-state index is 12.1. The molecule has 1 N–H and O–H groups in total. The molecule has 2 rings (SSSR count). The van der Waals surface area contributed by atoms with Crippen LogP contribution in [-0.4, -0.2) is 18.7 Å². The fourth-order valence-corrected chi connectivity index (χ4v) is 2.46. The molecular weight excluding hydrogens is 380 g/mol. The number of rotatable bonds is 9. The highest BCUT2D eigenvalue weighted by molar-refractivity contribution is 9.10. The lowest BCUT2D eigenvalue weighted by atomic mass is 10.2. The maximum atomic E-state index is 12.1. The number of amides is 1. The molecule has 25 heavy (non-hydrogen) atoms. The second kappa shape index (κ2) is 10.7. The van der Waals surface area contributed by atoms with Gasteiger partial charge in [0.1, 0.15) is 5.75 Å². The SMILES string of the molecule is CCCCCCOc1ccc(C(=O)N/N=C/c2ccc(Br)cc2)cc1. The van der Waals surface area contributed by atoms with Crippen LogP contribution in [0.25, 0.3) is 0 Å². The van der Waals surface area contributed by atoms with Gasteiger partial charge in [-0.2, -0.15) is 5.10 Å². The summed E-state index contributed by atoms with van der Waals surface area (Å²) in [5.41, 5.74) is 3.99. The zero-order chi connectivity index (χ0) is 17.9. The number of nitrogens with zero attached hydrogens (tertiary/aromatic N) is 1. The van der Waals surface area contributed by atoms with Gasteiger partial charge in [-0.25, -0.2) is 5.43 Å². The Balaban J connectivity index is 1.78. The van der Waals surface area contributed by atoms with Crippen LogP contribution >= 0.6 is 15.9 Å². The smallest absolute Gasteiger partial charge is 0.271 e. The second-order valence-electron chi connectivity index (χ2n) is 5.68. The highest BCUT2D eigenvalue weighted by Gasteiger charge is 2.04. The van der Waals surface area contributed by atoms with E-state index in [1.165, 1.54) is 19.3 Å². The number of unbranched alkanes of at least 4 members (excludes halogenated alkanes) is 3. The van der Waals surface area contributed by atoms with Crippen molar-refractivity contribution in [1.29, 1.82) is 0 Å². The molecule has 0 bridgehead atoms. The molecule has 0 atom stereocenters. The topological polar surface area (TPSA) is 50.7 Å². The van der Waals surface area contributed by atoms with Crippen molar-refractivity contribution in [3.8, 4) is 5.75 Å². The van der Waals surface area contributed by atoms with Crippen LogP contribution in [0.2, 0.25) is 0 Å². The van der Waals surface area contributed by atoms with Gasteiger partial charge in [0.15, 0.2) is 0 Å². The van der Waals surface area contributed by atoms with Crippen LogP contribution in [0.3, 0.4) is 0 Å². The summed E-state index contributed by atoms with van der Waals surface area (Å²) >= 11 is 3.38. The number of carbonyl (C=O) groups excluding carboxylic acids is 1. The standard InChI is InChI=1S/C20H23BrN2O2/c1-2-3-4-5-14-25-19-12-8-17(9-13-19)20(24)23-22-15-16-6-10-18(21)11-7-16/h6-13,15H,2-5,14H2,1H3,(H,23,24)/b22-15+. The second-order valence-corrected chi connectivity index (χ2v) is 6.60. The summed E-state index contributed by atoms with van der Waals surface area (Å²) in [6.45, 7) is 2.90. The number of ether oxygens (including phenoxy) is 1. The van der Waals surface area contributed by atoms with Crippen molar-refractivity contribution < 1.29 is 9.53 Å². The fraction of sp³-hybridized carbons (Fsp3) is 0.300. The first-order valence-corrected chi connectivity index (χ1v) is 9.30. The molecule has 2 aromatic rings. The molecule has 4 nitrogen and oxygen atoms in total. The Kier molecular flexibility index (Phi) is 8.19. The van der Waals surface area contributed by atoms with Crippen LogP contribution in [0.4, 0.5) is 0 Å². The summed E-state index contributed by atoms with van der Waals surface area (Å²) in [6, 6.07) is 14.8. The molecule has 2 aromatic carbocycles. The minimum atomic E-state index is -0.247. The van der Waals surface area contributed by atoms with Gasteiger partial charge in [0.25, 0.3) is 5.91 Å². The quantitative estimate of drug-likeness (QED) is 0.357. The average Bonchev–Trinajstić information content (AvgIpc) is 2.63. The fourth-order valence-electron chi connectivity index (χ4n) is 2.20. The molecule has 0 unspecified atom stereocenters. The number of hydrogen-bond donors (Lipinski definition) is 1. The molecule has 0 aliphatic heterocycles. The Morgan fingerprint density at radius 3 is 2.48 bits per heavy atom. The van der Waals surface area contributed by atoms with E-state index in [1.54, 1.807) is 18.3 Å². The van der Waals surface area contributed by atoms with Gasteiger partial charge in [-0.05, 0) is 48.4 Å². The van der Waals surface area contributed by atoms with E-state index in [0.29, 0.717) is 12.2 Å². The van der Waals surface area contributed by atoms with Gasteiger partial charge in [0.05, 0.1) is 12.8 Å². The monoisotopic (exact) mass is 402 g/mol. The summed E-state index contributed by atoms with van der Waals surface area (Å²) in [5, 5.41) is 3.98. The third-order valence-electron chi connectivity index (χ3n) is 3.63. The van der Waals surface area contributed by atoms with Crippen molar-refractivity contribution in [3.63, 3.8) is 0 Å². The lowest BCUT2D eigenvalue weighted by molar-refractivity contribution is 0.0955. The largest absolute Gasteiger partial charge is 0.494 e. The number of halogens is 1. The van der Waals surface area contributed by atoms with Gasteiger partial charge < -0.3 is 4.74 Å². The number of hydrazone groups is 1. The highest BCUT2D eigenvalue weighted by Crippen LogP contribution is 2.13. The van der Waals surface area contributed by atoms with E-state index >= 15 is 0 Å². The minimum absolute atomic E-state index is 0.247. The van der Waals surface area contributed by atoms with Crippen LogP contribution in [0.5, 0.6) is 5.75 Å². The molecule has 0 saturated carbocycles.